The first kappa shape index (κ1) is 14.9. The second kappa shape index (κ2) is 5.85. The van der Waals surface area contributed by atoms with Gasteiger partial charge in [0.25, 0.3) is 0 Å². The Morgan fingerprint density at radius 3 is 2.62 bits per heavy atom. The summed E-state index contributed by atoms with van der Waals surface area (Å²) in [6.07, 6.45) is 0. The summed E-state index contributed by atoms with van der Waals surface area (Å²) in [6, 6.07) is 18.1. The van der Waals surface area contributed by atoms with Gasteiger partial charge in [0.1, 0.15) is 5.82 Å². The van der Waals surface area contributed by atoms with Crippen LogP contribution in [0.5, 0.6) is 0 Å². The van der Waals surface area contributed by atoms with Crippen molar-refractivity contribution in [3.8, 4) is 33.3 Å². The van der Waals surface area contributed by atoms with Crippen molar-refractivity contribution in [1.82, 2.24) is 30.0 Å². The van der Waals surface area contributed by atoms with E-state index >= 15 is 0 Å². The fourth-order valence-electron chi connectivity index (χ4n) is 2.72. The Bertz CT molecular complexity index is 1210. The molecule has 0 saturated carbocycles. The molecular weight excluding hydrogens is 351 g/mol. The van der Waals surface area contributed by atoms with E-state index in [1.807, 2.05) is 36.4 Å². The van der Waals surface area contributed by atoms with Gasteiger partial charge in [0.2, 0.25) is 4.96 Å². The molecule has 8 heteroatoms. The summed E-state index contributed by atoms with van der Waals surface area (Å²) < 4.78 is 15.1. The van der Waals surface area contributed by atoms with Gasteiger partial charge < -0.3 is 0 Å². The second-order valence-electron chi connectivity index (χ2n) is 5.67. The molecule has 0 aliphatic rings. The average Bonchev–Trinajstić information content (AvgIpc) is 3.37. The highest BCUT2D eigenvalue weighted by atomic mass is 32.1. The first-order chi connectivity index (χ1) is 12.8. The molecule has 0 fully saturated rings. The highest BCUT2D eigenvalue weighted by molar-refractivity contribution is 7.19. The Hall–Kier alpha value is -3.39. The number of H-pyrrole nitrogens is 1. The number of fused-ring (bicyclic) bond motifs is 1. The van der Waals surface area contributed by atoms with E-state index in [1.165, 1.54) is 23.5 Å². The first-order valence-corrected chi connectivity index (χ1v) is 8.69. The number of aromatic amines is 1. The molecule has 0 radical (unpaired) electrons. The SMILES string of the molecule is Fc1cccc(-c2nnc3sc(-c4cc(-c5ccccc5)n[nH]4)nn23)c1. The van der Waals surface area contributed by atoms with E-state index in [4.69, 9.17) is 0 Å². The van der Waals surface area contributed by atoms with E-state index in [1.54, 1.807) is 16.6 Å². The van der Waals surface area contributed by atoms with Crippen LogP contribution in [0.4, 0.5) is 4.39 Å². The number of rotatable bonds is 3. The van der Waals surface area contributed by atoms with Crippen molar-refractivity contribution in [3.05, 3.63) is 66.5 Å². The summed E-state index contributed by atoms with van der Waals surface area (Å²) in [6.45, 7) is 0. The maximum Gasteiger partial charge on any atom is 0.235 e. The molecule has 0 aliphatic heterocycles. The molecule has 1 N–H and O–H groups in total. The standard InChI is InChI=1S/C18H11FN6S/c19-13-8-4-7-12(9-13)16-22-23-18-25(16)24-17(26-18)15-10-14(20-21-15)11-5-2-1-3-6-11/h1-10H,(H,20,21). The van der Waals surface area contributed by atoms with Gasteiger partial charge in [-0.05, 0) is 18.2 Å². The molecule has 0 amide bonds. The van der Waals surface area contributed by atoms with Crippen molar-refractivity contribution in [2.24, 2.45) is 0 Å². The minimum atomic E-state index is -0.323. The van der Waals surface area contributed by atoms with Crippen LogP contribution in [0.1, 0.15) is 0 Å². The Labute approximate surface area is 151 Å². The van der Waals surface area contributed by atoms with Crippen LogP contribution >= 0.6 is 11.3 Å². The molecular formula is C18H11FN6S. The molecule has 3 aromatic heterocycles. The number of nitrogens with zero attached hydrogens (tertiary/aromatic N) is 5. The van der Waals surface area contributed by atoms with Crippen LogP contribution in [0.25, 0.3) is 38.3 Å². The van der Waals surface area contributed by atoms with E-state index in [-0.39, 0.29) is 5.82 Å². The van der Waals surface area contributed by atoms with Gasteiger partial charge in [-0.1, -0.05) is 53.8 Å². The predicted molar refractivity (Wildman–Crippen MR) is 97.1 cm³/mol. The molecule has 0 spiro atoms. The van der Waals surface area contributed by atoms with E-state index < -0.39 is 0 Å². The van der Waals surface area contributed by atoms with Crippen LogP contribution < -0.4 is 0 Å². The first-order valence-electron chi connectivity index (χ1n) is 7.87. The zero-order valence-corrected chi connectivity index (χ0v) is 14.1. The summed E-state index contributed by atoms with van der Waals surface area (Å²) in [4.78, 5) is 0.634. The number of hydrogen-bond donors (Lipinski definition) is 1. The largest absolute Gasteiger partial charge is 0.275 e. The van der Waals surface area contributed by atoms with Crippen molar-refractivity contribution < 1.29 is 4.39 Å². The third-order valence-corrected chi connectivity index (χ3v) is 4.88. The van der Waals surface area contributed by atoms with Crippen LogP contribution in [0.2, 0.25) is 0 Å². The fourth-order valence-corrected chi connectivity index (χ4v) is 3.53. The van der Waals surface area contributed by atoms with Gasteiger partial charge in [-0.3, -0.25) is 5.10 Å². The van der Waals surface area contributed by atoms with Crippen LogP contribution in [0.3, 0.4) is 0 Å². The lowest BCUT2D eigenvalue weighted by Crippen LogP contribution is -1.91. The quantitative estimate of drug-likeness (QED) is 0.526. The van der Waals surface area contributed by atoms with E-state index in [0.29, 0.717) is 16.3 Å². The van der Waals surface area contributed by atoms with Gasteiger partial charge in [-0.15, -0.1) is 10.2 Å². The lowest BCUT2D eigenvalue weighted by Gasteiger charge is -1.96. The molecule has 126 valence electrons. The van der Waals surface area contributed by atoms with Gasteiger partial charge in [0.05, 0.1) is 11.4 Å². The topological polar surface area (TPSA) is 71.8 Å². The molecule has 0 atom stereocenters. The van der Waals surface area contributed by atoms with Gasteiger partial charge in [0.15, 0.2) is 10.8 Å². The molecule has 3 heterocycles. The van der Waals surface area contributed by atoms with Gasteiger partial charge >= 0.3 is 0 Å². The summed E-state index contributed by atoms with van der Waals surface area (Å²) in [5.74, 6) is 0.181. The van der Waals surface area contributed by atoms with Gasteiger partial charge in [-0.2, -0.15) is 14.7 Å². The highest BCUT2D eigenvalue weighted by Gasteiger charge is 2.16. The summed E-state index contributed by atoms with van der Waals surface area (Å²) in [5, 5.41) is 21.0. The van der Waals surface area contributed by atoms with Crippen LogP contribution in [0.15, 0.2) is 60.7 Å². The van der Waals surface area contributed by atoms with Crippen LogP contribution in [0, 0.1) is 5.82 Å². The van der Waals surface area contributed by atoms with Crippen molar-refractivity contribution in [1.29, 1.82) is 0 Å². The number of hydrogen-bond acceptors (Lipinski definition) is 5. The number of benzene rings is 2. The zero-order valence-electron chi connectivity index (χ0n) is 13.3. The molecule has 6 nitrogen and oxygen atoms in total. The number of halogens is 1. The van der Waals surface area contributed by atoms with E-state index in [9.17, 15) is 4.39 Å². The maximum absolute atomic E-state index is 13.5. The maximum atomic E-state index is 13.5. The zero-order chi connectivity index (χ0) is 17.5. The van der Waals surface area contributed by atoms with Crippen LogP contribution in [-0.2, 0) is 0 Å². The Balaban J connectivity index is 1.56. The molecule has 5 rings (SSSR count). The lowest BCUT2D eigenvalue weighted by molar-refractivity contribution is 0.628. The molecule has 26 heavy (non-hydrogen) atoms. The molecule has 0 unspecified atom stereocenters. The number of nitrogens with one attached hydrogen (secondary N) is 1. The minimum absolute atomic E-state index is 0.323. The van der Waals surface area contributed by atoms with E-state index in [0.717, 1.165) is 22.0 Å². The monoisotopic (exact) mass is 362 g/mol. The predicted octanol–water partition coefficient (Wildman–Crippen LogP) is 4.05. The van der Waals surface area contributed by atoms with Crippen molar-refractivity contribution in [3.63, 3.8) is 0 Å². The van der Waals surface area contributed by atoms with Crippen molar-refractivity contribution >= 4 is 16.3 Å². The third kappa shape index (κ3) is 2.47. The minimum Gasteiger partial charge on any atom is -0.275 e. The average molecular weight is 362 g/mol. The van der Waals surface area contributed by atoms with Gasteiger partial charge in [-0.25, -0.2) is 4.39 Å². The second-order valence-corrected chi connectivity index (χ2v) is 6.62. The summed E-state index contributed by atoms with van der Waals surface area (Å²) >= 11 is 1.39. The summed E-state index contributed by atoms with van der Waals surface area (Å²) in [7, 11) is 0. The Morgan fingerprint density at radius 1 is 0.923 bits per heavy atom. The van der Waals surface area contributed by atoms with Crippen LogP contribution in [-0.4, -0.2) is 30.0 Å². The molecule has 0 saturated heterocycles. The van der Waals surface area contributed by atoms with Crippen molar-refractivity contribution in [2.45, 2.75) is 0 Å². The molecule has 2 aromatic carbocycles. The molecule has 5 aromatic rings. The normalized spacial score (nSPS) is 11.3. The lowest BCUT2D eigenvalue weighted by atomic mass is 10.1. The Kier molecular flexibility index (Phi) is 3.36. The fraction of sp³-hybridized carbons (Fsp3) is 0. The van der Waals surface area contributed by atoms with E-state index in [2.05, 4.69) is 25.5 Å². The Morgan fingerprint density at radius 2 is 1.77 bits per heavy atom. The molecule has 0 aliphatic carbocycles. The smallest absolute Gasteiger partial charge is 0.235 e. The number of aromatic nitrogens is 6. The molecule has 0 bridgehead atoms. The third-order valence-electron chi connectivity index (χ3n) is 3.95. The highest BCUT2D eigenvalue weighted by Crippen LogP contribution is 2.29. The summed E-state index contributed by atoms with van der Waals surface area (Å²) in [5.41, 5.74) is 3.30. The van der Waals surface area contributed by atoms with Gasteiger partial charge in [0, 0.05) is 11.1 Å². The van der Waals surface area contributed by atoms with Crippen molar-refractivity contribution in [2.75, 3.05) is 0 Å².